The van der Waals surface area contributed by atoms with Gasteiger partial charge in [-0.25, -0.2) is 4.98 Å². The van der Waals surface area contributed by atoms with Crippen molar-refractivity contribution in [3.63, 3.8) is 0 Å². The lowest BCUT2D eigenvalue weighted by molar-refractivity contribution is -0.585. The average Bonchev–Trinajstić information content (AvgIpc) is 3.74. The van der Waals surface area contributed by atoms with Crippen molar-refractivity contribution in [3.8, 4) is 0 Å². The van der Waals surface area contributed by atoms with Gasteiger partial charge in [-0.1, -0.05) is 47.5 Å². The maximum absolute atomic E-state index is 4.38. The molecule has 5 heterocycles. The minimum Gasteiger partial charge on any atom is -0.331 e. The molecule has 0 fully saturated rings. The summed E-state index contributed by atoms with van der Waals surface area (Å²) in [6, 6.07) is 22.7. The number of aromatic nitrogens is 5. The molecule has 0 saturated heterocycles. The van der Waals surface area contributed by atoms with E-state index in [1.807, 2.05) is 114 Å². The first kappa shape index (κ1) is 42.4. The largest absolute Gasteiger partial charge is 0.331 e. The quantitative estimate of drug-likeness (QED) is 0.148. The molecule has 0 amide bonds. The minimum absolute atomic E-state index is 0.245. The second-order valence-corrected chi connectivity index (χ2v) is 14.1. The van der Waals surface area contributed by atoms with Gasteiger partial charge in [-0.2, -0.15) is 10.1 Å². The Morgan fingerprint density at radius 3 is 1.67 bits per heavy atom. The lowest BCUT2D eigenvalue weighted by Crippen LogP contribution is -2.09. The molecule has 0 bridgehead atoms. The summed E-state index contributed by atoms with van der Waals surface area (Å²) in [7, 11) is 5.90. The van der Waals surface area contributed by atoms with E-state index in [1.54, 1.807) is 0 Å². The molecular formula is C42H59N8S+. The molecule has 7 rings (SSSR count). The van der Waals surface area contributed by atoms with Crippen LogP contribution in [0.4, 0.5) is 0 Å². The maximum Gasteiger partial charge on any atom is 0.269 e. The Bertz CT molecular complexity index is 1910. The van der Waals surface area contributed by atoms with Gasteiger partial charge in [0.2, 0.25) is 0 Å². The third-order valence-electron chi connectivity index (χ3n) is 8.22. The van der Waals surface area contributed by atoms with Crippen molar-refractivity contribution < 1.29 is 4.70 Å². The monoisotopic (exact) mass is 707 g/mol. The standard InChI is InChI=1S/C9H10N2.C8H10.C7H9N.C7H10S.C6H10N2.C5H10N3/c1-7-10-8-5-3-4-6-9(8)11(7)2;1-7-4-3-5-8(2)6-7;1-6-3-4-8-7(2)5-6;1-5-4-8-7(3)6(5)2;1-5-4-6(2)8(3)7-5;1-4-6-5(2)8(3)7-4/h3-6H,1-2H3;3-6H,1-2H3;3-5H,1-2H3;2*4H,1-3H3;5H,1-3H3/q;;;;;+1. The van der Waals surface area contributed by atoms with Crippen molar-refractivity contribution in [3.05, 3.63) is 134 Å². The van der Waals surface area contributed by atoms with E-state index in [0.717, 1.165) is 28.6 Å². The fourth-order valence-corrected chi connectivity index (χ4v) is 5.69. The van der Waals surface area contributed by atoms with Gasteiger partial charge in [-0.3, -0.25) is 9.67 Å². The van der Waals surface area contributed by atoms with Crippen LogP contribution in [0.3, 0.4) is 0 Å². The van der Waals surface area contributed by atoms with E-state index in [2.05, 4.69) is 119 Å². The normalized spacial score (nSPS) is 12.6. The van der Waals surface area contributed by atoms with Crippen LogP contribution in [-0.2, 0) is 14.1 Å². The molecule has 51 heavy (non-hydrogen) atoms. The molecule has 4 aromatic heterocycles. The SMILES string of the molecule is CC1=NC(C)[N+](C)=N1.Cc1cc(C)n(C)n1.Cc1cccc(C)c1.Cc1ccnc(C)c1.Cc1csc(C)c1C.Cc1nc2ccccc2n1C. The molecule has 8 nitrogen and oxygen atoms in total. The summed E-state index contributed by atoms with van der Waals surface area (Å²) in [5, 5.41) is 10.4. The van der Waals surface area contributed by atoms with Gasteiger partial charge in [-0.05, 0) is 122 Å². The molecule has 1 unspecified atom stereocenters. The average molecular weight is 708 g/mol. The highest BCUT2D eigenvalue weighted by atomic mass is 32.1. The predicted molar refractivity (Wildman–Crippen MR) is 217 cm³/mol. The van der Waals surface area contributed by atoms with Crippen LogP contribution < -0.4 is 0 Å². The zero-order chi connectivity index (χ0) is 38.2. The molecule has 2 aromatic carbocycles. The highest BCUT2D eigenvalue weighted by Gasteiger charge is 2.17. The fourth-order valence-electron chi connectivity index (χ4n) is 4.82. The van der Waals surface area contributed by atoms with Crippen LogP contribution in [0.2, 0.25) is 0 Å². The molecule has 9 heteroatoms. The Kier molecular flexibility index (Phi) is 17.3. The Balaban J connectivity index is 0.000000213. The Labute approximate surface area is 310 Å². The number of para-hydroxylation sites is 2. The number of hydrogen-bond acceptors (Lipinski definition) is 6. The van der Waals surface area contributed by atoms with Gasteiger partial charge in [0.25, 0.3) is 6.17 Å². The number of hydrogen-bond donors (Lipinski definition) is 0. The number of rotatable bonds is 0. The molecule has 0 aliphatic carbocycles. The number of aryl methyl sites for hydroxylation is 11. The van der Waals surface area contributed by atoms with Crippen molar-refractivity contribution in [2.24, 2.45) is 24.2 Å². The zero-order valence-corrected chi connectivity index (χ0v) is 34.4. The number of amidine groups is 1. The smallest absolute Gasteiger partial charge is 0.269 e. The topological polar surface area (TPSA) is 76.3 Å². The fraction of sp³-hybridized carbons (Fsp3) is 0.381. The van der Waals surface area contributed by atoms with Gasteiger partial charge < -0.3 is 4.57 Å². The molecule has 0 radical (unpaired) electrons. The summed E-state index contributed by atoms with van der Waals surface area (Å²) in [6.45, 7) is 24.7. The van der Waals surface area contributed by atoms with Gasteiger partial charge in [-0.15, -0.1) is 16.0 Å². The van der Waals surface area contributed by atoms with Crippen LogP contribution in [0.25, 0.3) is 11.0 Å². The van der Waals surface area contributed by atoms with Crippen LogP contribution in [-0.4, -0.2) is 48.1 Å². The molecule has 6 aromatic rings. The first-order valence-corrected chi connectivity index (χ1v) is 18.1. The van der Waals surface area contributed by atoms with Crippen LogP contribution in [0.15, 0.2) is 88.4 Å². The van der Waals surface area contributed by atoms with Gasteiger partial charge in [0, 0.05) is 55.5 Å². The van der Waals surface area contributed by atoms with E-state index < -0.39 is 0 Å². The minimum atomic E-state index is 0.245. The van der Waals surface area contributed by atoms with E-state index in [-0.39, 0.29) is 6.17 Å². The molecule has 0 spiro atoms. The lowest BCUT2D eigenvalue weighted by atomic mass is 10.2. The van der Waals surface area contributed by atoms with E-state index in [9.17, 15) is 0 Å². The molecule has 0 saturated carbocycles. The number of nitrogens with zero attached hydrogens (tertiary/aromatic N) is 8. The first-order chi connectivity index (χ1) is 24.0. The molecule has 1 atom stereocenters. The van der Waals surface area contributed by atoms with E-state index in [4.69, 9.17) is 0 Å². The number of thiophene rings is 1. The summed E-state index contributed by atoms with van der Waals surface area (Å²) >= 11 is 1.83. The number of fused-ring (bicyclic) bond motifs is 1. The summed E-state index contributed by atoms with van der Waals surface area (Å²) in [4.78, 5) is 14.0. The van der Waals surface area contributed by atoms with Gasteiger partial charge >= 0.3 is 0 Å². The van der Waals surface area contributed by atoms with Crippen molar-refractivity contribution in [2.75, 3.05) is 7.05 Å². The summed E-state index contributed by atoms with van der Waals surface area (Å²) in [6.07, 6.45) is 2.07. The van der Waals surface area contributed by atoms with Gasteiger partial charge in [0.15, 0.2) is 12.9 Å². The summed E-state index contributed by atoms with van der Waals surface area (Å²) in [5.74, 6) is 1.94. The first-order valence-electron chi connectivity index (χ1n) is 17.3. The highest BCUT2D eigenvalue weighted by molar-refractivity contribution is 7.10. The number of azo groups is 2. The third kappa shape index (κ3) is 14.9. The maximum atomic E-state index is 4.38. The van der Waals surface area contributed by atoms with Crippen LogP contribution >= 0.6 is 11.3 Å². The Morgan fingerprint density at radius 2 is 1.35 bits per heavy atom. The van der Waals surface area contributed by atoms with Crippen molar-refractivity contribution in [1.82, 2.24) is 24.3 Å². The van der Waals surface area contributed by atoms with E-state index >= 15 is 0 Å². The van der Waals surface area contributed by atoms with Crippen LogP contribution in [0.5, 0.6) is 0 Å². The highest BCUT2D eigenvalue weighted by Crippen LogP contribution is 2.18. The number of benzene rings is 2. The van der Waals surface area contributed by atoms with E-state index in [0.29, 0.717) is 0 Å². The molecule has 1 aliphatic rings. The van der Waals surface area contributed by atoms with Crippen LogP contribution in [0, 0.1) is 69.2 Å². The van der Waals surface area contributed by atoms with Crippen molar-refractivity contribution >= 4 is 28.2 Å². The molecule has 1 aliphatic heterocycles. The third-order valence-corrected chi connectivity index (χ3v) is 9.35. The second-order valence-electron chi connectivity index (χ2n) is 13.0. The predicted octanol–water partition coefficient (Wildman–Crippen LogP) is 10.5. The number of pyridine rings is 1. The molecular weight excluding hydrogens is 649 g/mol. The van der Waals surface area contributed by atoms with Crippen LogP contribution in [0.1, 0.15) is 69.4 Å². The lowest BCUT2D eigenvalue weighted by Gasteiger charge is -1.93. The van der Waals surface area contributed by atoms with Crippen molar-refractivity contribution in [1.29, 1.82) is 0 Å². The van der Waals surface area contributed by atoms with Gasteiger partial charge in [0.05, 0.1) is 16.7 Å². The van der Waals surface area contributed by atoms with Gasteiger partial charge in [0.1, 0.15) is 5.82 Å². The Morgan fingerprint density at radius 1 is 0.725 bits per heavy atom. The Hall–Kier alpha value is -4.76. The summed E-state index contributed by atoms with van der Waals surface area (Å²) < 4.78 is 5.81. The summed E-state index contributed by atoms with van der Waals surface area (Å²) in [5.41, 5.74) is 12.5. The van der Waals surface area contributed by atoms with Crippen molar-refractivity contribution in [2.45, 2.75) is 89.3 Å². The molecule has 272 valence electrons. The number of imidazole rings is 1. The zero-order valence-electron chi connectivity index (χ0n) is 33.6. The molecule has 0 N–H and O–H groups in total. The second kappa shape index (κ2) is 20.8. The number of aliphatic imine (C=N–C) groups is 1. The van der Waals surface area contributed by atoms with E-state index in [1.165, 1.54) is 43.9 Å².